The Morgan fingerprint density at radius 3 is 2.52 bits per heavy atom. The molecule has 4 heteroatoms. The molecule has 2 aliphatic rings. The maximum absolute atomic E-state index is 5.88. The van der Waals surface area contributed by atoms with Gasteiger partial charge < -0.3 is 4.90 Å². The summed E-state index contributed by atoms with van der Waals surface area (Å²) in [5.41, 5.74) is 9.46. The van der Waals surface area contributed by atoms with Gasteiger partial charge in [-0.3, -0.25) is 0 Å². The van der Waals surface area contributed by atoms with Crippen molar-refractivity contribution in [1.82, 2.24) is 10.3 Å². The van der Waals surface area contributed by atoms with E-state index < -0.39 is 0 Å². The number of anilines is 1. The van der Waals surface area contributed by atoms with Gasteiger partial charge in [0.25, 0.3) is 0 Å². The van der Waals surface area contributed by atoms with E-state index in [1.165, 1.54) is 16.7 Å². The molecule has 0 radical (unpaired) electrons. The van der Waals surface area contributed by atoms with Crippen LogP contribution in [0.15, 0.2) is 72.8 Å². The molecule has 2 aromatic carbocycles. The minimum Gasteiger partial charge on any atom is -0.320 e. The molecule has 3 nitrogen and oxygen atoms in total. The molecule has 0 amide bonds. The Morgan fingerprint density at radius 1 is 1.15 bits per heavy atom. The van der Waals surface area contributed by atoms with Crippen molar-refractivity contribution >= 4 is 28.6 Å². The van der Waals surface area contributed by atoms with Gasteiger partial charge in [0.05, 0.1) is 5.69 Å². The highest BCUT2D eigenvalue weighted by Crippen LogP contribution is 2.41. The molecule has 138 valence electrons. The first-order valence-corrected chi connectivity index (χ1v) is 9.77. The number of aryl methyl sites for hydroxylation is 1. The van der Waals surface area contributed by atoms with Gasteiger partial charge in [-0.1, -0.05) is 60.2 Å². The summed E-state index contributed by atoms with van der Waals surface area (Å²) in [6.45, 7) is 9.02. The Kier molecular flexibility index (Phi) is 4.62. The van der Waals surface area contributed by atoms with Crippen molar-refractivity contribution in [3.8, 4) is 0 Å². The highest BCUT2D eigenvalue weighted by atomic mass is 32.1. The van der Waals surface area contributed by atoms with Crippen LogP contribution in [0.2, 0.25) is 0 Å². The lowest BCUT2D eigenvalue weighted by Crippen LogP contribution is -2.50. The van der Waals surface area contributed by atoms with E-state index in [1.54, 1.807) is 0 Å². The SMILES string of the molecule is C=C(C)CN1C(=S)N(c2ccc(C)cc2)NC12C=C(c1ccccc1)CC2. The summed E-state index contributed by atoms with van der Waals surface area (Å²) >= 11 is 5.88. The van der Waals surface area contributed by atoms with E-state index in [0.29, 0.717) is 0 Å². The fourth-order valence-corrected chi connectivity index (χ4v) is 4.26. The molecule has 2 aromatic rings. The molecule has 1 saturated heterocycles. The second-order valence-electron chi connectivity index (χ2n) is 7.57. The molecule has 1 aliphatic heterocycles. The monoisotopic (exact) mass is 375 g/mol. The van der Waals surface area contributed by atoms with Crippen molar-refractivity contribution < 1.29 is 0 Å². The third kappa shape index (κ3) is 3.31. The Morgan fingerprint density at radius 2 is 1.85 bits per heavy atom. The summed E-state index contributed by atoms with van der Waals surface area (Å²) in [6, 6.07) is 19.1. The molecule has 0 bridgehead atoms. The Hall–Kier alpha value is -2.43. The molecular weight excluding hydrogens is 350 g/mol. The lowest BCUT2D eigenvalue weighted by atomic mass is 10.1. The van der Waals surface area contributed by atoms with Gasteiger partial charge in [-0.05, 0) is 68.3 Å². The van der Waals surface area contributed by atoms with E-state index in [1.807, 2.05) is 5.01 Å². The van der Waals surface area contributed by atoms with Gasteiger partial charge in [0.2, 0.25) is 0 Å². The molecule has 1 spiro atoms. The number of nitrogens with zero attached hydrogens (tertiary/aromatic N) is 2. The Labute approximate surface area is 167 Å². The van der Waals surface area contributed by atoms with Crippen LogP contribution >= 0.6 is 12.2 Å². The molecular formula is C23H25N3S. The van der Waals surface area contributed by atoms with Crippen molar-refractivity contribution in [2.45, 2.75) is 32.4 Å². The van der Waals surface area contributed by atoms with Crippen LogP contribution in [0.4, 0.5) is 5.69 Å². The molecule has 0 aromatic heterocycles. The maximum atomic E-state index is 5.88. The van der Waals surface area contributed by atoms with E-state index in [9.17, 15) is 0 Å². The fourth-order valence-electron chi connectivity index (χ4n) is 3.88. The second-order valence-corrected chi connectivity index (χ2v) is 7.93. The van der Waals surface area contributed by atoms with Crippen LogP contribution in [0.3, 0.4) is 0 Å². The lowest BCUT2D eigenvalue weighted by molar-refractivity contribution is 0.234. The zero-order valence-corrected chi connectivity index (χ0v) is 16.7. The van der Waals surface area contributed by atoms with E-state index in [0.717, 1.165) is 35.8 Å². The molecule has 1 N–H and O–H groups in total. The van der Waals surface area contributed by atoms with Crippen molar-refractivity contribution in [3.63, 3.8) is 0 Å². The van der Waals surface area contributed by atoms with Crippen LogP contribution in [-0.4, -0.2) is 22.2 Å². The Bertz CT molecular complexity index is 901. The molecule has 4 rings (SSSR count). The summed E-state index contributed by atoms with van der Waals surface area (Å²) in [5, 5.41) is 2.84. The minimum atomic E-state index is -0.300. The number of allylic oxidation sites excluding steroid dienone is 1. The number of hydrazine groups is 1. The van der Waals surface area contributed by atoms with Gasteiger partial charge in [-0.2, -0.15) is 5.43 Å². The third-order valence-electron chi connectivity index (χ3n) is 5.26. The van der Waals surface area contributed by atoms with Gasteiger partial charge in [0, 0.05) is 6.54 Å². The number of hydrogen-bond donors (Lipinski definition) is 1. The maximum Gasteiger partial charge on any atom is 0.193 e. The van der Waals surface area contributed by atoms with Crippen LogP contribution < -0.4 is 10.4 Å². The highest BCUT2D eigenvalue weighted by Gasteiger charge is 2.48. The Balaban J connectivity index is 1.72. The van der Waals surface area contributed by atoms with E-state index in [2.05, 4.69) is 91.4 Å². The molecule has 1 fully saturated rings. The largest absolute Gasteiger partial charge is 0.320 e. The summed E-state index contributed by atoms with van der Waals surface area (Å²) in [7, 11) is 0. The van der Waals surface area contributed by atoms with E-state index in [-0.39, 0.29) is 5.66 Å². The van der Waals surface area contributed by atoms with Gasteiger partial charge >= 0.3 is 0 Å². The molecule has 1 heterocycles. The molecule has 0 saturated carbocycles. The van der Waals surface area contributed by atoms with E-state index >= 15 is 0 Å². The number of benzene rings is 2. The standard InChI is InChI=1S/C23H25N3S/c1-17(2)16-25-22(27)26(21-11-9-18(3)10-12-21)24-23(25)14-13-20(15-23)19-7-5-4-6-8-19/h4-12,15,24H,1,13-14,16H2,2-3H3. The van der Waals surface area contributed by atoms with Gasteiger partial charge in [0.1, 0.15) is 5.66 Å². The molecule has 27 heavy (non-hydrogen) atoms. The van der Waals surface area contributed by atoms with Crippen LogP contribution in [-0.2, 0) is 0 Å². The third-order valence-corrected chi connectivity index (χ3v) is 5.67. The van der Waals surface area contributed by atoms with Gasteiger partial charge in [0.15, 0.2) is 5.11 Å². The number of thiocarbonyl (C=S) groups is 1. The molecule has 1 unspecified atom stereocenters. The highest BCUT2D eigenvalue weighted by molar-refractivity contribution is 7.80. The van der Waals surface area contributed by atoms with Crippen LogP contribution in [0, 0.1) is 6.92 Å². The summed E-state index contributed by atoms with van der Waals surface area (Å²) in [5.74, 6) is 0. The summed E-state index contributed by atoms with van der Waals surface area (Å²) < 4.78 is 0. The number of rotatable bonds is 4. The van der Waals surface area contributed by atoms with Crippen molar-refractivity contribution in [3.05, 3.63) is 84.0 Å². The second kappa shape index (κ2) is 6.95. The average Bonchev–Trinajstić information content (AvgIpc) is 3.20. The first kappa shape index (κ1) is 18.0. The predicted octanol–water partition coefficient (Wildman–Crippen LogP) is 5.06. The summed E-state index contributed by atoms with van der Waals surface area (Å²) in [4.78, 5) is 2.28. The van der Waals surface area contributed by atoms with Crippen LogP contribution in [0.25, 0.3) is 5.57 Å². The first-order valence-electron chi connectivity index (χ1n) is 9.36. The van der Waals surface area contributed by atoms with Crippen LogP contribution in [0.5, 0.6) is 0 Å². The quantitative estimate of drug-likeness (QED) is 0.595. The molecule has 1 atom stereocenters. The van der Waals surface area contributed by atoms with E-state index in [4.69, 9.17) is 12.2 Å². The van der Waals surface area contributed by atoms with Gasteiger partial charge in [-0.25, -0.2) is 5.01 Å². The zero-order valence-electron chi connectivity index (χ0n) is 15.9. The summed E-state index contributed by atoms with van der Waals surface area (Å²) in [6.07, 6.45) is 4.35. The van der Waals surface area contributed by atoms with Crippen molar-refractivity contribution in [2.24, 2.45) is 0 Å². The number of nitrogens with one attached hydrogen (secondary N) is 1. The van der Waals surface area contributed by atoms with Crippen molar-refractivity contribution in [1.29, 1.82) is 0 Å². The smallest absolute Gasteiger partial charge is 0.193 e. The normalized spacial score (nSPS) is 21.9. The fraction of sp³-hybridized carbons (Fsp3) is 0.261. The van der Waals surface area contributed by atoms with Gasteiger partial charge in [-0.15, -0.1) is 0 Å². The zero-order chi connectivity index (χ0) is 19.0. The number of hydrogen-bond acceptors (Lipinski definition) is 2. The minimum absolute atomic E-state index is 0.300. The first-order chi connectivity index (χ1) is 13.0. The lowest BCUT2D eigenvalue weighted by Gasteiger charge is -2.32. The van der Waals surface area contributed by atoms with Crippen molar-refractivity contribution in [2.75, 3.05) is 11.6 Å². The molecule has 1 aliphatic carbocycles. The topological polar surface area (TPSA) is 18.5 Å². The average molecular weight is 376 g/mol. The van der Waals surface area contributed by atoms with Crippen LogP contribution in [0.1, 0.15) is 30.9 Å². The predicted molar refractivity (Wildman–Crippen MR) is 117 cm³/mol.